The molecule has 1 saturated heterocycles. The Morgan fingerprint density at radius 2 is 2.08 bits per heavy atom. The number of hydrogen-bond donors (Lipinski definition) is 0. The largest absolute Gasteiger partial charge is 0.393 e. The van der Waals surface area contributed by atoms with Crippen molar-refractivity contribution in [3.63, 3.8) is 0 Å². The summed E-state index contributed by atoms with van der Waals surface area (Å²) in [5.74, 6) is -1.33. The molecule has 0 amide bonds. The minimum atomic E-state index is -0.394. The van der Waals surface area contributed by atoms with E-state index < -0.39 is 5.97 Å². The van der Waals surface area contributed by atoms with Crippen LogP contribution in [0.5, 0.6) is 0 Å². The van der Waals surface area contributed by atoms with Crippen LogP contribution in [0, 0.1) is 11.8 Å². The van der Waals surface area contributed by atoms with E-state index in [4.69, 9.17) is 0 Å². The summed E-state index contributed by atoms with van der Waals surface area (Å²) in [5.41, 5.74) is 0. The number of rotatable bonds is 2. The molecular formula is C9H12O3. The minimum absolute atomic E-state index is 0.270. The predicted octanol–water partition coefficient (Wildman–Crippen LogP) is 1.29. The first-order valence-electron chi connectivity index (χ1n) is 4.03. The average molecular weight is 168 g/mol. The van der Waals surface area contributed by atoms with Crippen molar-refractivity contribution in [2.45, 2.75) is 20.3 Å². The van der Waals surface area contributed by atoms with Crippen molar-refractivity contribution in [1.82, 2.24) is 0 Å². The summed E-state index contributed by atoms with van der Waals surface area (Å²) in [4.78, 5) is 21.9. The molecule has 2 unspecified atom stereocenters. The highest BCUT2D eigenvalue weighted by Gasteiger charge is 2.39. The molecule has 1 rings (SSSR count). The monoisotopic (exact) mass is 168 g/mol. The summed E-state index contributed by atoms with van der Waals surface area (Å²) in [7, 11) is 0. The van der Waals surface area contributed by atoms with Gasteiger partial charge in [-0.15, -0.1) is 0 Å². The second-order valence-electron chi connectivity index (χ2n) is 2.94. The first-order valence-corrected chi connectivity index (χ1v) is 4.03. The van der Waals surface area contributed by atoms with Crippen molar-refractivity contribution in [3.8, 4) is 0 Å². The van der Waals surface area contributed by atoms with E-state index in [-0.39, 0.29) is 17.8 Å². The highest BCUT2D eigenvalue weighted by atomic mass is 16.6. The Morgan fingerprint density at radius 1 is 1.42 bits per heavy atom. The molecule has 0 aromatic carbocycles. The van der Waals surface area contributed by atoms with Crippen LogP contribution < -0.4 is 0 Å². The van der Waals surface area contributed by atoms with Crippen LogP contribution in [-0.2, 0) is 14.3 Å². The quantitative estimate of drug-likeness (QED) is 0.354. The highest BCUT2D eigenvalue weighted by molar-refractivity contribution is 5.96. The Balaban J connectivity index is 2.63. The van der Waals surface area contributed by atoms with Crippen molar-refractivity contribution in [1.29, 1.82) is 0 Å². The summed E-state index contributed by atoms with van der Waals surface area (Å²) in [6.45, 7) is 3.61. The lowest BCUT2D eigenvalue weighted by molar-refractivity contribution is -0.153. The van der Waals surface area contributed by atoms with Gasteiger partial charge in [-0.25, -0.2) is 0 Å². The SMILES string of the molecule is CC=CCC1C(=O)OC(=O)C1C. The molecule has 2 atom stereocenters. The number of esters is 2. The van der Waals surface area contributed by atoms with Gasteiger partial charge in [-0.2, -0.15) is 0 Å². The molecule has 0 aromatic heterocycles. The lowest BCUT2D eigenvalue weighted by atomic mass is 9.93. The molecule has 0 aromatic rings. The standard InChI is InChI=1S/C9H12O3/c1-3-4-5-7-6(2)8(10)12-9(7)11/h3-4,6-7H,5H2,1-2H3. The number of cyclic esters (lactones) is 2. The van der Waals surface area contributed by atoms with E-state index in [1.807, 2.05) is 19.1 Å². The van der Waals surface area contributed by atoms with Gasteiger partial charge >= 0.3 is 11.9 Å². The van der Waals surface area contributed by atoms with E-state index in [1.165, 1.54) is 0 Å². The average Bonchev–Trinajstić information content (AvgIpc) is 2.25. The zero-order valence-corrected chi connectivity index (χ0v) is 7.24. The van der Waals surface area contributed by atoms with Crippen LogP contribution in [0.1, 0.15) is 20.3 Å². The molecule has 1 heterocycles. The summed E-state index contributed by atoms with van der Waals surface area (Å²) in [5, 5.41) is 0. The number of carbonyl (C=O) groups is 2. The number of allylic oxidation sites excluding steroid dienone is 2. The lowest BCUT2D eigenvalue weighted by Crippen LogP contribution is -2.13. The van der Waals surface area contributed by atoms with Crippen molar-refractivity contribution in [2.75, 3.05) is 0 Å². The van der Waals surface area contributed by atoms with E-state index in [1.54, 1.807) is 6.92 Å². The van der Waals surface area contributed by atoms with E-state index in [0.29, 0.717) is 6.42 Å². The van der Waals surface area contributed by atoms with Gasteiger partial charge in [-0.3, -0.25) is 9.59 Å². The van der Waals surface area contributed by atoms with Crippen LogP contribution in [0.2, 0.25) is 0 Å². The third-order valence-corrected chi connectivity index (χ3v) is 2.10. The molecule has 3 nitrogen and oxygen atoms in total. The maximum absolute atomic E-state index is 11.0. The molecule has 0 spiro atoms. The third-order valence-electron chi connectivity index (χ3n) is 2.10. The Labute approximate surface area is 71.4 Å². The highest BCUT2D eigenvalue weighted by Crippen LogP contribution is 2.26. The van der Waals surface area contributed by atoms with E-state index in [2.05, 4.69) is 4.74 Å². The van der Waals surface area contributed by atoms with E-state index >= 15 is 0 Å². The molecule has 1 aliphatic rings. The van der Waals surface area contributed by atoms with Crippen molar-refractivity contribution in [2.24, 2.45) is 11.8 Å². The zero-order chi connectivity index (χ0) is 9.14. The Hall–Kier alpha value is -1.12. The van der Waals surface area contributed by atoms with Gasteiger partial charge in [-0.05, 0) is 13.3 Å². The molecule has 0 saturated carbocycles. The Morgan fingerprint density at radius 3 is 2.50 bits per heavy atom. The van der Waals surface area contributed by atoms with Crippen molar-refractivity contribution >= 4 is 11.9 Å². The van der Waals surface area contributed by atoms with Gasteiger partial charge in [0.05, 0.1) is 11.8 Å². The fraction of sp³-hybridized carbons (Fsp3) is 0.556. The van der Waals surface area contributed by atoms with E-state index in [9.17, 15) is 9.59 Å². The molecule has 0 N–H and O–H groups in total. The molecule has 1 fully saturated rings. The second-order valence-corrected chi connectivity index (χ2v) is 2.94. The zero-order valence-electron chi connectivity index (χ0n) is 7.24. The van der Waals surface area contributed by atoms with Crippen LogP contribution in [0.4, 0.5) is 0 Å². The van der Waals surface area contributed by atoms with Gasteiger partial charge in [0.15, 0.2) is 0 Å². The molecule has 0 aliphatic carbocycles. The number of ether oxygens (including phenoxy) is 1. The normalized spacial score (nSPS) is 29.8. The first kappa shape index (κ1) is 8.97. The molecule has 0 radical (unpaired) electrons. The van der Waals surface area contributed by atoms with Crippen molar-refractivity contribution in [3.05, 3.63) is 12.2 Å². The van der Waals surface area contributed by atoms with Gasteiger partial charge in [0, 0.05) is 0 Å². The smallest absolute Gasteiger partial charge is 0.317 e. The fourth-order valence-electron chi connectivity index (χ4n) is 1.22. The van der Waals surface area contributed by atoms with Crippen LogP contribution >= 0.6 is 0 Å². The molecule has 12 heavy (non-hydrogen) atoms. The molecule has 3 heteroatoms. The van der Waals surface area contributed by atoms with Crippen LogP contribution in [0.3, 0.4) is 0 Å². The van der Waals surface area contributed by atoms with Gasteiger partial charge < -0.3 is 4.74 Å². The number of hydrogen-bond acceptors (Lipinski definition) is 3. The van der Waals surface area contributed by atoms with Gasteiger partial charge in [-0.1, -0.05) is 19.1 Å². The van der Waals surface area contributed by atoms with Crippen LogP contribution in [0.15, 0.2) is 12.2 Å². The third kappa shape index (κ3) is 1.55. The lowest BCUT2D eigenvalue weighted by Gasteiger charge is -2.03. The summed E-state index contributed by atoms with van der Waals surface area (Å²) < 4.78 is 4.47. The second kappa shape index (κ2) is 3.52. The first-order chi connectivity index (χ1) is 5.66. The van der Waals surface area contributed by atoms with Gasteiger partial charge in [0.1, 0.15) is 0 Å². The summed E-state index contributed by atoms with van der Waals surface area (Å²) in [6, 6.07) is 0. The van der Waals surface area contributed by atoms with Crippen LogP contribution in [-0.4, -0.2) is 11.9 Å². The number of carbonyl (C=O) groups excluding carboxylic acids is 2. The molecule has 1 aliphatic heterocycles. The summed E-state index contributed by atoms with van der Waals surface area (Å²) >= 11 is 0. The Kier molecular flexibility index (Phi) is 2.63. The topological polar surface area (TPSA) is 43.4 Å². The maximum atomic E-state index is 11.0. The van der Waals surface area contributed by atoms with Crippen LogP contribution in [0.25, 0.3) is 0 Å². The molecule has 0 bridgehead atoms. The molecular weight excluding hydrogens is 156 g/mol. The predicted molar refractivity (Wildman–Crippen MR) is 43.2 cm³/mol. The fourth-order valence-corrected chi connectivity index (χ4v) is 1.22. The van der Waals surface area contributed by atoms with Gasteiger partial charge in [0.25, 0.3) is 0 Å². The van der Waals surface area contributed by atoms with Crippen molar-refractivity contribution < 1.29 is 14.3 Å². The summed E-state index contributed by atoms with van der Waals surface area (Å²) in [6.07, 6.45) is 4.34. The van der Waals surface area contributed by atoms with Gasteiger partial charge in [0.2, 0.25) is 0 Å². The molecule has 66 valence electrons. The van der Waals surface area contributed by atoms with E-state index in [0.717, 1.165) is 0 Å². The maximum Gasteiger partial charge on any atom is 0.317 e. The minimum Gasteiger partial charge on any atom is -0.393 e. The Bertz CT molecular complexity index is 230.